The van der Waals surface area contributed by atoms with Crippen LogP contribution < -0.4 is 19.8 Å². The summed E-state index contributed by atoms with van der Waals surface area (Å²) in [5, 5.41) is -0.199. The monoisotopic (exact) mass is 499 g/mol. The molecule has 180 valence electrons. The van der Waals surface area contributed by atoms with Crippen LogP contribution in [0.15, 0.2) is 66.7 Å². The number of nitrogens with zero attached hydrogens (tertiary/aromatic N) is 2. The van der Waals surface area contributed by atoms with Gasteiger partial charge >= 0.3 is 6.36 Å². The van der Waals surface area contributed by atoms with Crippen molar-refractivity contribution in [3.8, 4) is 11.5 Å². The predicted molar refractivity (Wildman–Crippen MR) is 116 cm³/mol. The topological polar surface area (TPSA) is 37.0 Å². The van der Waals surface area contributed by atoms with Crippen molar-refractivity contribution in [1.82, 2.24) is 10.4 Å². The molecule has 1 fully saturated rings. The Hall–Kier alpha value is -3.08. The maximum atomic E-state index is 14.6. The molecule has 0 aromatic heterocycles. The van der Waals surface area contributed by atoms with Crippen molar-refractivity contribution in [2.45, 2.75) is 18.1 Å². The van der Waals surface area contributed by atoms with Crippen LogP contribution in [-0.4, -0.2) is 25.1 Å². The molecule has 5 nitrogen and oxygen atoms in total. The van der Waals surface area contributed by atoms with Gasteiger partial charge in [-0.05, 0) is 42.0 Å². The maximum absolute atomic E-state index is 14.6. The lowest BCUT2D eigenvalue weighted by Crippen LogP contribution is -2.46. The van der Waals surface area contributed by atoms with Crippen molar-refractivity contribution >= 4 is 17.3 Å². The van der Waals surface area contributed by atoms with Crippen LogP contribution in [0.25, 0.3) is 0 Å². The molecule has 1 heterocycles. The smallest absolute Gasteiger partial charge is 0.487 e. The van der Waals surface area contributed by atoms with Gasteiger partial charge < -0.3 is 14.4 Å². The summed E-state index contributed by atoms with van der Waals surface area (Å²) in [4.78, 5) is 1.55. The second kappa shape index (κ2) is 9.28. The van der Waals surface area contributed by atoms with Gasteiger partial charge in [-0.1, -0.05) is 41.9 Å². The highest BCUT2D eigenvalue weighted by Gasteiger charge is 2.48. The van der Waals surface area contributed by atoms with Crippen molar-refractivity contribution in [1.29, 1.82) is 0 Å². The molecule has 3 aromatic carbocycles. The van der Waals surface area contributed by atoms with Gasteiger partial charge in [-0.3, -0.25) is 0 Å². The van der Waals surface area contributed by atoms with Gasteiger partial charge in [0.2, 0.25) is 5.12 Å². The number of halogens is 6. The Balaban J connectivity index is 1.59. The summed E-state index contributed by atoms with van der Waals surface area (Å²) >= 11 is 6.79. The summed E-state index contributed by atoms with van der Waals surface area (Å²) in [5.41, 5.74) is 3.56. The van der Waals surface area contributed by atoms with E-state index in [0.717, 1.165) is 12.1 Å². The fourth-order valence-electron chi connectivity index (χ4n) is 3.66. The van der Waals surface area contributed by atoms with Gasteiger partial charge in [0.25, 0.3) is 0 Å². The Kier molecular flexibility index (Phi) is 6.57. The third-order valence-corrected chi connectivity index (χ3v) is 5.54. The van der Waals surface area contributed by atoms with Crippen molar-refractivity contribution in [2.24, 2.45) is 0 Å². The fraction of sp³-hybridized carbons (Fsp3) is 0.217. The molecule has 4 rings (SSSR count). The lowest BCUT2D eigenvalue weighted by molar-refractivity contribution is -0.274. The van der Waals surface area contributed by atoms with Crippen LogP contribution in [0.2, 0.25) is 0 Å². The Labute approximate surface area is 197 Å². The number of anilines is 1. The largest absolute Gasteiger partial charge is 0.573 e. The first-order valence-electron chi connectivity index (χ1n) is 10.0. The number of alkyl halides is 4. The number of benzene rings is 3. The van der Waals surface area contributed by atoms with Crippen LogP contribution >= 0.6 is 11.6 Å². The third kappa shape index (κ3) is 5.03. The second-order valence-corrected chi connectivity index (χ2v) is 8.09. The van der Waals surface area contributed by atoms with E-state index in [1.165, 1.54) is 30.3 Å². The number of hydrogen-bond acceptors (Lipinski definition) is 5. The summed E-state index contributed by atoms with van der Waals surface area (Å²) in [6, 6.07) is 15.5. The molecule has 0 amide bonds. The van der Waals surface area contributed by atoms with Crippen molar-refractivity contribution in [3.63, 3.8) is 0 Å². The van der Waals surface area contributed by atoms with Gasteiger partial charge in [-0.2, -0.15) is 0 Å². The minimum atomic E-state index is -4.78. The molecule has 0 bridgehead atoms. The highest BCUT2D eigenvalue weighted by Crippen LogP contribution is 2.44. The van der Waals surface area contributed by atoms with Crippen molar-refractivity contribution < 1.29 is 31.4 Å². The number of para-hydroxylation sites is 2. The molecular formula is C23H19ClF5N3O2. The van der Waals surface area contributed by atoms with E-state index in [1.54, 1.807) is 41.2 Å². The van der Waals surface area contributed by atoms with Crippen LogP contribution in [0.4, 0.5) is 27.6 Å². The van der Waals surface area contributed by atoms with E-state index >= 15 is 0 Å². The molecule has 1 saturated heterocycles. The summed E-state index contributed by atoms with van der Waals surface area (Å²) in [5.74, 6) is -1.62. The Morgan fingerprint density at radius 1 is 0.971 bits per heavy atom. The highest BCUT2D eigenvalue weighted by atomic mass is 35.5. The molecule has 11 heteroatoms. The molecule has 1 unspecified atom stereocenters. The van der Waals surface area contributed by atoms with Crippen molar-refractivity contribution in [3.05, 3.63) is 89.5 Å². The van der Waals surface area contributed by atoms with Crippen LogP contribution in [0, 0.1) is 11.6 Å². The van der Waals surface area contributed by atoms with Crippen LogP contribution in [0.5, 0.6) is 11.5 Å². The summed E-state index contributed by atoms with van der Waals surface area (Å²) in [6.07, 6.45) is -4.78. The van der Waals surface area contributed by atoms with E-state index in [4.69, 9.17) is 16.3 Å². The standard InChI is InChI=1S/C23H19ClF5N3O2/c1-31-14-32(22(24,30-31)21-17(25)5-4-6-18(21)26)19-7-2-3-8-20(19)33-13-15-9-11-16(12-10-15)34-23(27,28)29/h2-12,30H,13-14H2,1H3. The van der Waals surface area contributed by atoms with Crippen LogP contribution in [-0.2, 0) is 11.7 Å². The first kappa shape index (κ1) is 24.1. The van der Waals surface area contributed by atoms with Gasteiger partial charge in [0, 0.05) is 7.05 Å². The van der Waals surface area contributed by atoms with Crippen molar-refractivity contribution in [2.75, 3.05) is 18.6 Å². The SMILES string of the molecule is CN1CN(c2ccccc2OCc2ccc(OC(F)(F)F)cc2)C(Cl)(c2c(F)cccc2F)N1. The van der Waals surface area contributed by atoms with Gasteiger partial charge in [0.1, 0.15) is 29.7 Å². The fourth-order valence-corrected chi connectivity index (χ4v) is 4.13. The van der Waals surface area contributed by atoms with E-state index in [0.29, 0.717) is 17.0 Å². The normalized spacial score (nSPS) is 18.9. The first-order chi connectivity index (χ1) is 16.1. The molecule has 1 aliphatic rings. The third-order valence-electron chi connectivity index (χ3n) is 5.07. The maximum Gasteiger partial charge on any atom is 0.573 e. The van der Waals surface area contributed by atoms with Gasteiger partial charge in [-0.15, -0.1) is 13.2 Å². The van der Waals surface area contributed by atoms with Gasteiger partial charge in [0.05, 0.1) is 17.9 Å². The highest BCUT2D eigenvalue weighted by molar-refractivity contribution is 6.25. The number of rotatable bonds is 6. The second-order valence-electron chi connectivity index (χ2n) is 7.55. The molecule has 34 heavy (non-hydrogen) atoms. The quantitative estimate of drug-likeness (QED) is 0.267. The van der Waals surface area contributed by atoms with Crippen LogP contribution in [0.1, 0.15) is 11.1 Å². The summed E-state index contributed by atoms with van der Waals surface area (Å²) in [7, 11) is 1.67. The lowest BCUT2D eigenvalue weighted by Gasteiger charge is -2.34. The Morgan fingerprint density at radius 2 is 1.62 bits per heavy atom. The van der Waals surface area contributed by atoms with E-state index in [2.05, 4.69) is 10.2 Å². The molecule has 0 saturated carbocycles. The molecule has 0 aliphatic carbocycles. The zero-order valence-electron chi connectivity index (χ0n) is 17.7. The van der Waals surface area contributed by atoms with E-state index < -0.39 is 23.1 Å². The zero-order valence-corrected chi connectivity index (χ0v) is 18.5. The summed E-state index contributed by atoms with van der Waals surface area (Å²) in [6.45, 7) is 0.185. The molecule has 1 atom stereocenters. The summed E-state index contributed by atoms with van der Waals surface area (Å²) < 4.78 is 76.1. The number of hydrogen-bond donors (Lipinski definition) is 1. The zero-order chi connectivity index (χ0) is 24.5. The van der Waals surface area contributed by atoms with Gasteiger partial charge in [0.15, 0.2) is 0 Å². The number of ether oxygens (including phenoxy) is 2. The average molecular weight is 500 g/mol. The molecule has 3 aromatic rings. The molecule has 1 aliphatic heterocycles. The molecular weight excluding hydrogens is 481 g/mol. The van der Waals surface area contributed by atoms with E-state index in [-0.39, 0.29) is 24.6 Å². The first-order valence-corrected chi connectivity index (χ1v) is 10.4. The average Bonchev–Trinajstić information content (AvgIpc) is 3.06. The minimum Gasteiger partial charge on any atom is -0.487 e. The van der Waals surface area contributed by atoms with Crippen LogP contribution in [0.3, 0.4) is 0 Å². The number of hydrazine groups is 1. The van der Waals surface area contributed by atoms with E-state index in [9.17, 15) is 22.0 Å². The minimum absolute atomic E-state index is 0.0176. The van der Waals surface area contributed by atoms with Gasteiger partial charge in [-0.25, -0.2) is 19.2 Å². The number of nitrogens with one attached hydrogen (secondary N) is 1. The molecule has 0 radical (unpaired) electrons. The lowest BCUT2D eigenvalue weighted by atomic mass is 10.1. The Morgan fingerprint density at radius 3 is 2.26 bits per heavy atom. The predicted octanol–water partition coefficient (Wildman–Crippen LogP) is 5.71. The van der Waals surface area contributed by atoms with E-state index in [1.807, 2.05) is 0 Å². The molecule has 1 N–H and O–H groups in total. The molecule has 0 spiro atoms. The Bertz CT molecular complexity index is 1140.